The lowest BCUT2D eigenvalue weighted by molar-refractivity contribution is -0.186. The zero-order valence-electron chi connectivity index (χ0n) is 17.8. The van der Waals surface area contributed by atoms with Crippen molar-refractivity contribution in [2.24, 2.45) is 0 Å². The maximum atomic E-state index is 12.5. The molecule has 4 rings (SSSR count). The molecule has 0 bridgehead atoms. The zero-order chi connectivity index (χ0) is 21.5. The number of ether oxygens (including phenoxy) is 2. The van der Waals surface area contributed by atoms with E-state index < -0.39 is 0 Å². The molecule has 1 amide bonds. The van der Waals surface area contributed by atoms with Crippen LogP contribution in [-0.4, -0.2) is 37.0 Å². The lowest BCUT2D eigenvalue weighted by Gasteiger charge is -2.22. The summed E-state index contributed by atoms with van der Waals surface area (Å²) in [5.41, 5.74) is 5.23. The molecule has 2 aromatic carbocycles. The Hall–Kier alpha value is -2.87. The predicted molar refractivity (Wildman–Crippen MR) is 119 cm³/mol. The van der Waals surface area contributed by atoms with Gasteiger partial charge in [0.1, 0.15) is 12.4 Å². The standard InChI is InChI=1S/C24H29N3O4/c1-25-17-18-5-4-6-21(15-18)29-14-12-27-11-10-19-8-9-20(16-22(19)27)24(28)26-31-23-7-2-3-13-30-23/h4-6,8-11,15-16,23,25H,2-3,7,12-14,17H2,1H3,(H,26,28). The van der Waals surface area contributed by atoms with Crippen LogP contribution in [0.25, 0.3) is 10.9 Å². The van der Waals surface area contributed by atoms with Crippen molar-refractivity contribution in [3.05, 3.63) is 65.9 Å². The van der Waals surface area contributed by atoms with E-state index in [0.717, 1.165) is 42.5 Å². The maximum Gasteiger partial charge on any atom is 0.275 e. The molecule has 7 nitrogen and oxygen atoms in total. The Labute approximate surface area is 182 Å². The van der Waals surface area contributed by atoms with E-state index in [-0.39, 0.29) is 12.2 Å². The molecule has 3 aromatic rings. The van der Waals surface area contributed by atoms with E-state index in [4.69, 9.17) is 14.3 Å². The highest BCUT2D eigenvalue weighted by molar-refractivity contribution is 5.97. The van der Waals surface area contributed by atoms with Crippen molar-refractivity contribution >= 4 is 16.8 Å². The van der Waals surface area contributed by atoms with Gasteiger partial charge in [-0.15, -0.1) is 0 Å². The maximum absolute atomic E-state index is 12.5. The van der Waals surface area contributed by atoms with Gasteiger partial charge in [0.25, 0.3) is 5.91 Å². The van der Waals surface area contributed by atoms with E-state index in [2.05, 4.69) is 21.4 Å². The van der Waals surface area contributed by atoms with Gasteiger partial charge in [0.05, 0.1) is 6.54 Å². The highest BCUT2D eigenvalue weighted by Gasteiger charge is 2.16. The number of rotatable bonds is 9. The molecule has 7 heteroatoms. The van der Waals surface area contributed by atoms with Gasteiger partial charge < -0.3 is 19.4 Å². The molecular formula is C24H29N3O4. The Morgan fingerprint density at radius 1 is 1.19 bits per heavy atom. The van der Waals surface area contributed by atoms with Crippen molar-refractivity contribution in [1.82, 2.24) is 15.4 Å². The molecule has 0 aliphatic carbocycles. The number of benzene rings is 2. The van der Waals surface area contributed by atoms with Crippen molar-refractivity contribution in [2.45, 2.75) is 38.6 Å². The highest BCUT2D eigenvalue weighted by atomic mass is 16.8. The van der Waals surface area contributed by atoms with E-state index in [1.807, 2.05) is 49.6 Å². The minimum atomic E-state index is -0.367. The number of carbonyl (C=O) groups excluding carboxylic acids is 1. The third kappa shape index (κ3) is 5.64. The van der Waals surface area contributed by atoms with Gasteiger partial charge in [0.15, 0.2) is 6.29 Å². The molecule has 1 fully saturated rings. The van der Waals surface area contributed by atoms with Crippen LogP contribution in [0.4, 0.5) is 0 Å². The van der Waals surface area contributed by atoms with Gasteiger partial charge in [0.2, 0.25) is 0 Å². The van der Waals surface area contributed by atoms with E-state index in [9.17, 15) is 4.79 Å². The number of hydrogen-bond donors (Lipinski definition) is 2. The summed E-state index contributed by atoms with van der Waals surface area (Å²) < 4.78 is 13.5. The third-order valence-electron chi connectivity index (χ3n) is 5.34. The first kappa shape index (κ1) is 21.4. The van der Waals surface area contributed by atoms with Gasteiger partial charge >= 0.3 is 0 Å². The van der Waals surface area contributed by atoms with Gasteiger partial charge in [-0.05, 0) is 61.2 Å². The molecule has 1 saturated heterocycles. The molecule has 2 N–H and O–H groups in total. The molecule has 0 radical (unpaired) electrons. The van der Waals surface area contributed by atoms with Crippen LogP contribution in [0.5, 0.6) is 5.75 Å². The number of aromatic nitrogens is 1. The zero-order valence-corrected chi connectivity index (χ0v) is 17.8. The summed E-state index contributed by atoms with van der Waals surface area (Å²) in [5, 5.41) is 4.22. The normalized spacial score (nSPS) is 16.4. The number of fused-ring (bicyclic) bond motifs is 1. The molecule has 31 heavy (non-hydrogen) atoms. The summed E-state index contributed by atoms with van der Waals surface area (Å²) in [6.07, 6.45) is 4.52. The monoisotopic (exact) mass is 423 g/mol. The predicted octanol–water partition coefficient (Wildman–Crippen LogP) is 3.63. The molecule has 1 aliphatic rings. The molecule has 1 unspecified atom stereocenters. The average molecular weight is 424 g/mol. The average Bonchev–Trinajstić information content (AvgIpc) is 3.21. The van der Waals surface area contributed by atoms with E-state index >= 15 is 0 Å². The van der Waals surface area contributed by atoms with Crippen LogP contribution in [0.15, 0.2) is 54.7 Å². The molecule has 1 aromatic heterocycles. The van der Waals surface area contributed by atoms with Crippen molar-refractivity contribution in [3.8, 4) is 5.75 Å². The van der Waals surface area contributed by atoms with Crippen LogP contribution in [0.2, 0.25) is 0 Å². The van der Waals surface area contributed by atoms with Crippen molar-refractivity contribution < 1.29 is 19.1 Å². The number of hydrogen-bond acceptors (Lipinski definition) is 5. The van der Waals surface area contributed by atoms with E-state index in [1.54, 1.807) is 6.07 Å². The fraction of sp³-hybridized carbons (Fsp3) is 0.375. The van der Waals surface area contributed by atoms with Gasteiger partial charge in [-0.25, -0.2) is 10.3 Å². The Kier molecular flexibility index (Phi) is 7.19. The fourth-order valence-corrected chi connectivity index (χ4v) is 3.71. The largest absolute Gasteiger partial charge is 0.492 e. The van der Waals surface area contributed by atoms with Crippen LogP contribution >= 0.6 is 0 Å². The second kappa shape index (κ2) is 10.4. The quantitative estimate of drug-likeness (QED) is 0.514. The van der Waals surface area contributed by atoms with Gasteiger partial charge in [-0.3, -0.25) is 4.79 Å². The summed E-state index contributed by atoms with van der Waals surface area (Å²) in [5.74, 6) is 0.577. The summed E-state index contributed by atoms with van der Waals surface area (Å²) in [6, 6.07) is 15.7. The van der Waals surface area contributed by atoms with Gasteiger partial charge in [-0.2, -0.15) is 0 Å². The Balaban J connectivity index is 1.36. The summed E-state index contributed by atoms with van der Waals surface area (Å²) in [4.78, 5) is 17.9. The smallest absolute Gasteiger partial charge is 0.275 e. The summed E-state index contributed by atoms with van der Waals surface area (Å²) in [6.45, 7) is 2.69. The Morgan fingerprint density at radius 3 is 2.97 bits per heavy atom. The molecule has 0 spiro atoms. The van der Waals surface area contributed by atoms with Crippen LogP contribution in [-0.2, 0) is 22.7 Å². The van der Waals surface area contributed by atoms with E-state index in [1.165, 1.54) is 5.56 Å². The Bertz CT molecular complexity index is 1010. The van der Waals surface area contributed by atoms with Crippen molar-refractivity contribution in [3.63, 3.8) is 0 Å². The Morgan fingerprint density at radius 2 is 2.13 bits per heavy atom. The minimum Gasteiger partial charge on any atom is -0.492 e. The molecule has 0 saturated carbocycles. The molecule has 1 atom stereocenters. The SMILES string of the molecule is CNCc1cccc(OCCn2ccc3ccc(C(=O)NOC4CCCCO4)cc32)c1. The first-order valence-electron chi connectivity index (χ1n) is 10.8. The first-order valence-corrected chi connectivity index (χ1v) is 10.8. The van der Waals surface area contributed by atoms with Crippen molar-refractivity contribution in [2.75, 3.05) is 20.3 Å². The van der Waals surface area contributed by atoms with Crippen LogP contribution < -0.4 is 15.5 Å². The summed E-state index contributed by atoms with van der Waals surface area (Å²) in [7, 11) is 1.93. The van der Waals surface area contributed by atoms with E-state index in [0.29, 0.717) is 25.3 Å². The topological polar surface area (TPSA) is 73.8 Å². The second-order valence-electron chi connectivity index (χ2n) is 7.65. The number of nitrogens with one attached hydrogen (secondary N) is 2. The molecule has 2 heterocycles. The molecular weight excluding hydrogens is 394 g/mol. The molecule has 164 valence electrons. The number of carbonyl (C=O) groups is 1. The van der Waals surface area contributed by atoms with Crippen molar-refractivity contribution in [1.29, 1.82) is 0 Å². The molecule has 1 aliphatic heterocycles. The number of nitrogens with zero attached hydrogens (tertiary/aromatic N) is 1. The number of amides is 1. The highest BCUT2D eigenvalue weighted by Crippen LogP contribution is 2.19. The minimum absolute atomic E-state index is 0.276. The second-order valence-corrected chi connectivity index (χ2v) is 7.65. The van der Waals surface area contributed by atoms with Crippen LogP contribution in [0.3, 0.4) is 0 Å². The fourth-order valence-electron chi connectivity index (χ4n) is 3.71. The van der Waals surface area contributed by atoms with Crippen LogP contribution in [0, 0.1) is 0 Å². The number of hydroxylamine groups is 1. The van der Waals surface area contributed by atoms with Gasteiger partial charge in [0, 0.05) is 36.8 Å². The van der Waals surface area contributed by atoms with Crippen LogP contribution in [0.1, 0.15) is 35.2 Å². The van der Waals surface area contributed by atoms with Gasteiger partial charge in [-0.1, -0.05) is 18.2 Å². The third-order valence-corrected chi connectivity index (χ3v) is 5.34. The first-order chi connectivity index (χ1) is 15.2. The summed E-state index contributed by atoms with van der Waals surface area (Å²) >= 11 is 0. The lowest BCUT2D eigenvalue weighted by atomic mass is 10.1. The lowest BCUT2D eigenvalue weighted by Crippen LogP contribution is -2.33.